The molecule has 1 fully saturated rings. The molecule has 0 saturated carbocycles. The summed E-state index contributed by atoms with van der Waals surface area (Å²) in [5, 5.41) is 2.97. The van der Waals surface area contributed by atoms with E-state index in [1.54, 1.807) is 0 Å². The largest absolute Gasteiger partial charge is 0.379 e. The van der Waals surface area contributed by atoms with Gasteiger partial charge in [0.1, 0.15) is 0 Å². The highest BCUT2D eigenvalue weighted by molar-refractivity contribution is 5.75. The van der Waals surface area contributed by atoms with Crippen molar-refractivity contribution >= 4 is 5.91 Å². The Morgan fingerprint density at radius 1 is 1.47 bits per heavy atom. The predicted octanol–water partition coefficient (Wildman–Crippen LogP) is 1.03. The van der Waals surface area contributed by atoms with Crippen molar-refractivity contribution in [2.75, 3.05) is 32.9 Å². The van der Waals surface area contributed by atoms with Gasteiger partial charge in [-0.3, -0.25) is 9.69 Å². The molecule has 0 bridgehead atoms. The van der Waals surface area contributed by atoms with Crippen molar-refractivity contribution in [1.82, 2.24) is 10.2 Å². The number of amides is 1. The molecule has 2 atom stereocenters. The molecular formula is C14H28N2O3. The van der Waals surface area contributed by atoms with E-state index in [0.717, 1.165) is 19.8 Å². The van der Waals surface area contributed by atoms with Crippen molar-refractivity contribution in [2.45, 2.75) is 52.3 Å². The first-order chi connectivity index (χ1) is 9.00. The molecule has 1 rings (SSSR count). The van der Waals surface area contributed by atoms with E-state index >= 15 is 0 Å². The van der Waals surface area contributed by atoms with E-state index in [1.807, 2.05) is 13.8 Å². The van der Waals surface area contributed by atoms with Crippen LogP contribution in [-0.4, -0.2) is 61.9 Å². The van der Waals surface area contributed by atoms with E-state index in [0.29, 0.717) is 31.7 Å². The monoisotopic (exact) mass is 272 g/mol. The molecule has 0 aromatic rings. The summed E-state index contributed by atoms with van der Waals surface area (Å²) in [5.41, 5.74) is 0. The Balaban J connectivity index is 2.18. The lowest BCUT2D eigenvalue weighted by Crippen LogP contribution is -2.51. The van der Waals surface area contributed by atoms with Crippen molar-refractivity contribution in [1.29, 1.82) is 0 Å². The number of hydrogen-bond acceptors (Lipinski definition) is 4. The first-order valence-electron chi connectivity index (χ1n) is 7.22. The van der Waals surface area contributed by atoms with E-state index in [9.17, 15) is 4.79 Å². The number of nitrogens with zero attached hydrogens (tertiary/aromatic N) is 1. The smallest absolute Gasteiger partial charge is 0.222 e. The van der Waals surface area contributed by atoms with Gasteiger partial charge in [0, 0.05) is 31.6 Å². The third-order valence-electron chi connectivity index (χ3n) is 3.36. The van der Waals surface area contributed by atoms with Crippen LogP contribution in [-0.2, 0) is 14.3 Å². The van der Waals surface area contributed by atoms with Crippen LogP contribution in [0.2, 0.25) is 0 Å². The van der Waals surface area contributed by atoms with Crippen LogP contribution < -0.4 is 5.32 Å². The molecule has 1 amide bonds. The van der Waals surface area contributed by atoms with Crippen molar-refractivity contribution in [3.63, 3.8) is 0 Å². The summed E-state index contributed by atoms with van der Waals surface area (Å²) in [6.07, 6.45) is 0.616. The fourth-order valence-corrected chi connectivity index (χ4v) is 2.25. The number of hydrogen-bond donors (Lipinski definition) is 1. The van der Waals surface area contributed by atoms with Crippen LogP contribution in [0.15, 0.2) is 0 Å². The molecule has 0 aliphatic carbocycles. The van der Waals surface area contributed by atoms with Gasteiger partial charge in [0.05, 0.1) is 25.9 Å². The summed E-state index contributed by atoms with van der Waals surface area (Å²) in [7, 11) is 0. The number of rotatable bonds is 7. The zero-order valence-electron chi connectivity index (χ0n) is 12.6. The number of morpholine rings is 1. The molecule has 0 radical (unpaired) electrons. The zero-order valence-corrected chi connectivity index (χ0v) is 12.6. The minimum absolute atomic E-state index is 0.0633. The fourth-order valence-electron chi connectivity index (χ4n) is 2.25. The summed E-state index contributed by atoms with van der Waals surface area (Å²) < 4.78 is 10.8. The van der Waals surface area contributed by atoms with Gasteiger partial charge in [-0.15, -0.1) is 0 Å². The second kappa shape index (κ2) is 8.51. The zero-order chi connectivity index (χ0) is 14.3. The SMILES string of the molecule is CC(C)OCCC(=O)NC[C@H](C)N1CCOC[C@H]1C. The summed E-state index contributed by atoms with van der Waals surface area (Å²) in [6.45, 7) is 11.9. The molecule has 0 aromatic carbocycles. The lowest BCUT2D eigenvalue weighted by Gasteiger charge is -2.37. The average Bonchev–Trinajstić information content (AvgIpc) is 2.36. The maximum absolute atomic E-state index is 11.7. The minimum atomic E-state index is 0.0633. The molecular weight excluding hydrogens is 244 g/mol. The second-order valence-corrected chi connectivity index (χ2v) is 5.48. The Morgan fingerprint density at radius 2 is 2.21 bits per heavy atom. The van der Waals surface area contributed by atoms with E-state index in [2.05, 4.69) is 24.1 Å². The van der Waals surface area contributed by atoms with Gasteiger partial charge in [-0.2, -0.15) is 0 Å². The highest BCUT2D eigenvalue weighted by atomic mass is 16.5. The van der Waals surface area contributed by atoms with Crippen molar-refractivity contribution in [3.8, 4) is 0 Å². The maximum Gasteiger partial charge on any atom is 0.222 e. The van der Waals surface area contributed by atoms with Crippen LogP contribution in [0.1, 0.15) is 34.1 Å². The van der Waals surface area contributed by atoms with Crippen molar-refractivity contribution in [3.05, 3.63) is 0 Å². The third-order valence-corrected chi connectivity index (χ3v) is 3.36. The topological polar surface area (TPSA) is 50.8 Å². The van der Waals surface area contributed by atoms with Crippen LogP contribution in [0.3, 0.4) is 0 Å². The number of nitrogens with one attached hydrogen (secondary N) is 1. The van der Waals surface area contributed by atoms with Crippen LogP contribution in [0, 0.1) is 0 Å². The van der Waals surface area contributed by atoms with Gasteiger partial charge in [0.15, 0.2) is 0 Å². The van der Waals surface area contributed by atoms with Gasteiger partial charge in [-0.05, 0) is 27.7 Å². The van der Waals surface area contributed by atoms with E-state index in [-0.39, 0.29) is 12.0 Å². The van der Waals surface area contributed by atoms with Crippen molar-refractivity contribution < 1.29 is 14.3 Å². The van der Waals surface area contributed by atoms with Gasteiger partial charge in [-0.1, -0.05) is 0 Å². The molecule has 1 saturated heterocycles. The van der Waals surface area contributed by atoms with Crippen LogP contribution in [0.5, 0.6) is 0 Å². The van der Waals surface area contributed by atoms with Gasteiger partial charge < -0.3 is 14.8 Å². The van der Waals surface area contributed by atoms with Gasteiger partial charge in [0.2, 0.25) is 5.91 Å². The lowest BCUT2D eigenvalue weighted by atomic mass is 10.2. The minimum Gasteiger partial charge on any atom is -0.379 e. The number of ether oxygens (including phenoxy) is 2. The first kappa shape index (κ1) is 16.4. The number of carbonyl (C=O) groups excluding carboxylic acids is 1. The molecule has 0 aromatic heterocycles. The molecule has 5 nitrogen and oxygen atoms in total. The Bertz CT molecular complexity index is 271. The Morgan fingerprint density at radius 3 is 2.84 bits per heavy atom. The quantitative estimate of drug-likeness (QED) is 0.752. The molecule has 1 N–H and O–H groups in total. The summed E-state index contributed by atoms with van der Waals surface area (Å²) in [6, 6.07) is 0.763. The Labute approximate surface area is 116 Å². The van der Waals surface area contributed by atoms with E-state index < -0.39 is 0 Å². The highest BCUT2D eigenvalue weighted by Crippen LogP contribution is 2.10. The normalized spacial score (nSPS) is 22.5. The van der Waals surface area contributed by atoms with Crippen LogP contribution in [0.4, 0.5) is 0 Å². The second-order valence-electron chi connectivity index (χ2n) is 5.48. The molecule has 5 heteroatoms. The molecule has 1 aliphatic rings. The lowest BCUT2D eigenvalue weighted by molar-refractivity contribution is -0.122. The highest BCUT2D eigenvalue weighted by Gasteiger charge is 2.23. The van der Waals surface area contributed by atoms with Crippen LogP contribution >= 0.6 is 0 Å². The first-order valence-corrected chi connectivity index (χ1v) is 7.22. The van der Waals surface area contributed by atoms with Crippen LogP contribution in [0.25, 0.3) is 0 Å². The maximum atomic E-state index is 11.7. The van der Waals surface area contributed by atoms with Gasteiger partial charge >= 0.3 is 0 Å². The molecule has 1 heterocycles. The summed E-state index contributed by atoms with van der Waals surface area (Å²) in [5.74, 6) is 0.0633. The molecule has 1 aliphatic heterocycles. The van der Waals surface area contributed by atoms with E-state index in [1.165, 1.54) is 0 Å². The Kier molecular flexibility index (Phi) is 7.34. The fraction of sp³-hybridized carbons (Fsp3) is 0.929. The predicted molar refractivity (Wildman–Crippen MR) is 75.2 cm³/mol. The number of carbonyl (C=O) groups is 1. The van der Waals surface area contributed by atoms with E-state index in [4.69, 9.17) is 9.47 Å². The van der Waals surface area contributed by atoms with Crippen molar-refractivity contribution in [2.24, 2.45) is 0 Å². The molecule has 0 unspecified atom stereocenters. The van der Waals surface area contributed by atoms with Gasteiger partial charge in [0.25, 0.3) is 0 Å². The molecule has 0 spiro atoms. The van der Waals surface area contributed by atoms with Gasteiger partial charge in [-0.25, -0.2) is 0 Å². The molecule has 112 valence electrons. The Hall–Kier alpha value is -0.650. The summed E-state index contributed by atoms with van der Waals surface area (Å²) >= 11 is 0. The third kappa shape index (κ3) is 6.36. The summed E-state index contributed by atoms with van der Waals surface area (Å²) in [4.78, 5) is 14.0. The molecule has 19 heavy (non-hydrogen) atoms. The standard InChI is InChI=1S/C14H28N2O3/c1-11(2)19-7-5-14(17)15-9-12(3)16-6-8-18-10-13(16)4/h11-13H,5-10H2,1-4H3,(H,15,17)/t12-,13+/m0/s1. The average molecular weight is 272 g/mol.